The SMILES string of the molecule is O=C(N[C@@H](Cc1ccc(Cl)cc1Cl)C(=O)O)OCc1ccccc1. The zero-order valence-electron chi connectivity index (χ0n) is 12.5. The summed E-state index contributed by atoms with van der Waals surface area (Å²) in [6.45, 7) is 0.0563. The Bertz CT molecular complexity index is 722. The van der Waals surface area contributed by atoms with Crippen LogP contribution in [0.3, 0.4) is 0 Å². The van der Waals surface area contributed by atoms with Gasteiger partial charge in [-0.05, 0) is 23.3 Å². The maximum atomic E-state index is 11.8. The van der Waals surface area contributed by atoms with Gasteiger partial charge in [-0.3, -0.25) is 0 Å². The number of carbonyl (C=O) groups excluding carboxylic acids is 1. The van der Waals surface area contributed by atoms with Crippen LogP contribution >= 0.6 is 23.2 Å². The lowest BCUT2D eigenvalue weighted by molar-refractivity contribution is -0.139. The lowest BCUT2D eigenvalue weighted by Crippen LogP contribution is -2.42. The highest BCUT2D eigenvalue weighted by Crippen LogP contribution is 2.22. The summed E-state index contributed by atoms with van der Waals surface area (Å²) in [5.41, 5.74) is 1.37. The third-order valence-electron chi connectivity index (χ3n) is 3.24. The summed E-state index contributed by atoms with van der Waals surface area (Å²) in [5.74, 6) is -1.18. The molecule has 0 saturated carbocycles. The fourth-order valence-corrected chi connectivity index (χ4v) is 2.50. The number of alkyl carbamates (subject to hydrolysis) is 1. The van der Waals surface area contributed by atoms with E-state index in [4.69, 9.17) is 27.9 Å². The molecule has 0 aliphatic carbocycles. The van der Waals surface area contributed by atoms with Gasteiger partial charge in [0, 0.05) is 16.5 Å². The number of hydrogen-bond donors (Lipinski definition) is 2. The number of rotatable bonds is 6. The molecule has 0 bridgehead atoms. The Morgan fingerprint density at radius 1 is 1.12 bits per heavy atom. The van der Waals surface area contributed by atoms with E-state index in [1.165, 1.54) is 6.07 Å². The van der Waals surface area contributed by atoms with Crippen molar-refractivity contribution < 1.29 is 19.4 Å². The van der Waals surface area contributed by atoms with Gasteiger partial charge >= 0.3 is 12.1 Å². The maximum absolute atomic E-state index is 11.8. The Kier molecular flexibility index (Phi) is 6.46. The van der Waals surface area contributed by atoms with Crippen LogP contribution in [0.1, 0.15) is 11.1 Å². The van der Waals surface area contributed by atoms with Crippen molar-refractivity contribution in [3.63, 3.8) is 0 Å². The van der Waals surface area contributed by atoms with E-state index < -0.39 is 18.1 Å². The fraction of sp³-hybridized carbons (Fsp3) is 0.176. The van der Waals surface area contributed by atoms with E-state index in [0.717, 1.165) is 5.56 Å². The van der Waals surface area contributed by atoms with E-state index in [0.29, 0.717) is 15.6 Å². The number of hydrogen-bond acceptors (Lipinski definition) is 3. The standard InChI is InChI=1S/C17H15Cl2NO4/c18-13-7-6-12(14(19)9-13)8-15(16(21)22)20-17(23)24-10-11-4-2-1-3-5-11/h1-7,9,15H,8,10H2,(H,20,23)(H,21,22)/t15-/m0/s1. The molecule has 0 aliphatic heterocycles. The smallest absolute Gasteiger partial charge is 0.408 e. The molecule has 24 heavy (non-hydrogen) atoms. The average Bonchev–Trinajstić information content (AvgIpc) is 2.55. The molecule has 0 aromatic heterocycles. The lowest BCUT2D eigenvalue weighted by Gasteiger charge is -2.15. The highest BCUT2D eigenvalue weighted by molar-refractivity contribution is 6.35. The summed E-state index contributed by atoms with van der Waals surface area (Å²) in [6, 6.07) is 12.7. The molecule has 0 saturated heterocycles. The van der Waals surface area contributed by atoms with Crippen molar-refractivity contribution in [2.24, 2.45) is 0 Å². The summed E-state index contributed by atoms with van der Waals surface area (Å²) in [5, 5.41) is 12.4. The molecule has 5 nitrogen and oxygen atoms in total. The first-order valence-electron chi connectivity index (χ1n) is 7.09. The number of aliphatic carboxylic acids is 1. The van der Waals surface area contributed by atoms with Crippen molar-refractivity contribution in [1.29, 1.82) is 0 Å². The van der Waals surface area contributed by atoms with Crippen LogP contribution < -0.4 is 5.32 Å². The summed E-state index contributed by atoms with van der Waals surface area (Å²) < 4.78 is 5.03. The molecular formula is C17H15Cl2NO4. The van der Waals surface area contributed by atoms with Gasteiger partial charge in [-0.15, -0.1) is 0 Å². The zero-order chi connectivity index (χ0) is 17.5. The molecule has 0 unspecified atom stereocenters. The predicted molar refractivity (Wildman–Crippen MR) is 91.4 cm³/mol. The first kappa shape index (κ1) is 18.1. The molecule has 0 spiro atoms. The van der Waals surface area contributed by atoms with Gasteiger partial charge in [0.25, 0.3) is 0 Å². The van der Waals surface area contributed by atoms with E-state index in [-0.39, 0.29) is 13.0 Å². The Balaban J connectivity index is 1.95. The van der Waals surface area contributed by atoms with Crippen LogP contribution in [-0.4, -0.2) is 23.2 Å². The molecule has 1 amide bonds. The summed E-state index contributed by atoms with van der Waals surface area (Å²) >= 11 is 11.8. The van der Waals surface area contributed by atoms with Crippen molar-refractivity contribution >= 4 is 35.3 Å². The Morgan fingerprint density at radius 3 is 2.46 bits per heavy atom. The average molecular weight is 368 g/mol. The predicted octanol–water partition coefficient (Wildman–Crippen LogP) is 3.92. The number of halogens is 2. The summed E-state index contributed by atoms with van der Waals surface area (Å²) in [7, 11) is 0. The van der Waals surface area contributed by atoms with Crippen LogP contribution in [0, 0.1) is 0 Å². The second-order valence-electron chi connectivity index (χ2n) is 5.04. The summed E-state index contributed by atoms with van der Waals surface area (Å²) in [4.78, 5) is 23.2. The second-order valence-corrected chi connectivity index (χ2v) is 5.88. The zero-order valence-corrected chi connectivity index (χ0v) is 14.1. The molecule has 0 radical (unpaired) electrons. The highest BCUT2D eigenvalue weighted by atomic mass is 35.5. The molecule has 126 valence electrons. The number of benzene rings is 2. The van der Waals surface area contributed by atoms with E-state index in [2.05, 4.69) is 5.32 Å². The Hall–Kier alpha value is -2.24. The molecule has 0 heterocycles. The Morgan fingerprint density at radius 2 is 1.83 bits per heavy atom. The molecular weight excluding hydrogens is 353 g/mol. The van der Waals surface area contributed by atoms with E-state index >= 15 is 0 Å². The number of ether oxygens (including phenoxy) is 1. The molecule has 2 aromatic carbocycles. The molecule has 0 fully saturated rings. The van der Waals surface area contributed by atoms with Crippen LogP contribution in [0.25, 0.3) is 0 Å². The van der Waals surface area contributed by atoms with E-state index in [1.807, 2.05) is 18.2 Å². The number of carboxylic acid groups (broad SMARTS) is 1. The van der Waals surface area contributed by atoms with Gasteiger partial charge in [0.2, 0.25) is 0 Å². The lowest BCUT2D eigenvalue weighted by atomic mass is 10.1. The molecule has 1 atom stereocenters. The van der Waals surface area contributed by atoms with Crippen LogP contribution in [-0.2, 0) is 22.6 Å². The quantitative estimate of drug-likeness (QED) is 0.811. The van der Waals surface area contributed by atoms with Gasteiger partial charge < -0.3 is 15.2 Å². The largest absolute Gasteiger partial charge is 0.480 e. The van der Waals surface area contributed by atoms with Crippen LogP contribution in [0.4, 0.5) is 4.79 Å². The topological polar surface area (TPSA) is 75.6 Å². The third-order valence-corrected chi connectivity index (χ3v) is 3.83. The van der Waals surface area contributed by atoms with Gasteiger partial charge in [0.1, 0.15) is 12.6 Å². The van der Waals surface area contributed by atoms with Gasteiger partial charge in [-0.25, -0.2) is 9.59 Å². The number of nitrogens with one attached hydrogen (secondary N) is 1. The fourth-order valence-electron chi connectivity index (χ4n) is 2.01. The Labute approximate surface area is 149 Å². The van der Waals surface area contributed by atoms with Crippen LogP contribution in [0.15, 0.2) is 48.5 Å². The maximum Gasteiger partial charge on any atom is 0.408 e. The molecule has 0 aliphatic rings. The van der Waals surface area contributed by atoms with Crippen molar-refractivity contribution in [3.05, 3.63) is 69.7 Å². The molecule has 2 aromatic rings. The minimum atomic E-state index is -1.18. The first-order chi connectivity index (χ1) is 11.5. The van der Waals surface area contributed by atoms with Crippen molar-refractivity contribution in [2.45, 2.75) is 19.1 Å². The third kappa shape index (κ3) is 5.44. The van der Waals surface area contributed by atoms with Crippen molar-refractivity contribution in [1.82, 2.24) is 5.32 Å². The van der Waals surface area contributed by atoms with E-state index in [1.54, 1.807) is 24.3 Å². The molecule has 2 rings (SSSR count). The number of carboxylic acids is 1. The second kappa shape index (κ2) is 8.57. The van der Waals surface area contributed by atoms with Crippen molar-refractivity contribution in [3.8, 4) is 0 Å². The molecule has 2 N–H and O–H groups in total. The number of carbonyl (C=O) groups is 2. The first-order valence-corrected chi connectivity index (χ1v) is 7.85. The summed E-state index contributed by atoms with van der Waals surface area (Å²) in [6.07, 6.45) is -0.789. The van der Waals surface area contributed by atoms with E-state index in [9.17, 15) is 14.7 Å². The van der Waals surface area contributed by atoms with Gasteiger partial charge in [0.15, 0.2) is 0 Å². The van der Waals surface area contributed by atoms with Crippen LogP contribution in [0.5, 0.6) is 0 Å². The monoisotopic (exact) mass is 367 g/mol. The van der Waals surface area contributed by atoms with Gasteiger partial charge in [0.05, 0.1) is 0 Å². The minimum Gasteiger partial charge on any atom is -0.480 e. The van der Waals surface area contributed by atoms with Gasteiger partial charge in [-0.1, -0.05) is 59.6 Å². The normalized spacial score (nSPS) is 11.6. The molecule has 7 heteroatoms. The highest BCUT2D eigenvalue weighted by Gasteiger charge is 2.22. The number of amides is 1. The van der Waals surface area contributed by atoms with Crippen molar-refractivity contribution in [2.75, 3.05) is 0 Å². The minimum absolute atomic E-state index is 0.0196. The van der Waals surface area contributed by atoms with Gasteiger partial charge in [-0.2, -0.15) is 0 Å². The van der Waals surface area contributed by atoms with Crippen LogP contribution in [0.2, 0.25) is 10.0 Å².